The fourth-order valence-electron chi connectivity index (χ4n) is 2.48. The van der Waals surface area contributed by atoms with Gasteiger partial charge in [-0.05, 0) is 17.7 Å². The normalized spacial score (nSPS) is 10.1. The summed E-state index contributed by atoms with van der Waals surface area (Å²) >= 11 is 9.81. The van der Waals surface area contributed by atoms with E-state index >= 15 is 0 Å². The number of nitrogens with two attached hydrogens (primary N) is 1. The highest BCUT2D eigenvalue weighted by atomic mass is 79.9. The van der Waals surface area contributed by atoms with Crippen LogP contribution in [0.5, 0.6) is 5.75 Å². The second-order valence-electron chi connectivity index (χ2n) is 5.22. The zero-order valence-corrected chi connectivity index (χ0v) is 17.6. The van der Waals surface area contributed by atoms with Gasteiger partial charge in [-0.25, -0.2) is 9.78 Å². The second-order valence-corrected chi connectivity index (χ2v) is 6.48. The monoisotopic (exact) mass is 450 g/mol. The Morgan fingerprint density at radius 3 is 2.44 bits per heavy atom. The molecule has 0 amide bonds. The number of pyridine rings is 1. The standard InChI is InChI=1S/C18H14BrClN2O3.C2H6/c1-24-18(23)15-16(25-9-10-5-3-2-4-6-10)14-12(20)8-7-11(19)13(14)17(21)22-15;1-2/h2-8H,9H2,1H3,(H2,21,22);1-2H3. The lowest BCUT2D eigenvalue weighted by atomic mass is 10.1. The number of hydrogen-bond donors (Lipinski definition) is 1. The summed E-state index contributed by atoms with van der Waals surface area (Å²) in [5.41, 5.74) is 6.96. The molecule has 0 spiro atoms. The number of fused-ring (bicyclic) bond motifs is 1. The van der Waals surface area contributed by atoms with Gasteiger partial charge in [-0.3, -0.25) is 0 Å². The van der Waals surface area contributed by atoms with Crippen molar-refractivity contribution in [2.75, 3.05) is 12.8 Å². The summed E-state index contributed by atoms with van der Waals surface area (Å²) in [5.74, 6) is -0.240. The van der Waals surface area contributed by atoms with Gasteiger partial charge in [-0.1, -0.05) is 71.7 Å². The van der Waals surface area contributed by atoms with Gasteiger partial charge in [0.05, 0.1) is 12.1 Å². The lowest BCUT2D eigenvalue weighted by molar-refractivity contribution is 0.0589. The average Bonchev–Trinajstić information content (AvgIpc) is 2.71. The maximum Gasteiger partial charge on any atom is 0.360 e. The molecule has 142 valence electrons. The van der Waals surface area contributed by atoms with Gasteiger partial charge in [0.25, 0.3) is 0 Å². The third kappa shape index (κ3) is 4.51. The molecule has 0 bridgehead atoms. The number of ether oxygens (including phenoxy) is 2. The van der Waals surface area contributed by atoms with E-state index in [9.17, 15) is 4.79 Å². The Morgan fingerprint density at radius 1 is 1.15 bits per heavy atom. The highest BCUT2D eigenvalue weighted by molar-refractivity contribution is 9.10. The van der Waals surface area contributed by atoms with Crippen LogP contribution in [0.15, 0.2) is 46.9 Å². The van der Waals surface area contributed by atoms with Crippen LogP contribution in [0, 0.1) is 0 Å². The lowest BCUT2D eigenvalue weighted by Gasteiger charge is -2.16. The molecule has 27 heavy (non-hydrogen) atoms. The molecule has 0 fully saturated rings. The number of anilines is 1. The minimum absolute atomic E-state index is 0.0107. The molecule has 0 atom stereocenters. The van der Waals surface area contributed by atoms with Gasteiger partial charge in [0.1, 0.15) is 12.4 Å². The van der Waals surface area contributed by atoms with Crippen LogP contribution in [0.1, 0.15) is 29.9 Å². The Labute approximate surface area is 171 Å². The summed E-state index contributed by atoms with van der Waals surface area (Å²) < 4.78 is 11.4. The number of aromatic nitrogens is 1. The Balaban J connectivity index is 0.00000126. The smallest absolute Gasteiger partial charge is 0.360 e. The predicted molar refractivity (Wildman–Crippen MR) is 112 cm³/mol. The molecule has 7 heteroatoms. The molecule has 0 unspecified atom stereocenters. The van der Waals surface area contributed by atoms with E-state index in [2.05, 4.69) is 20.9 Å². The van der Waals surface area contributed by atoms with Gasteiger partial charge in [-0.15, -0.1) is 0 Å². The number of hydrogen-bond acceptors (Lipinski definition) is 5. The van der Waals surface area contributed by atoms with Gasteiger partial charge in [0, 0.05) is 15.2 Å². The molecular formula is C20H20BrClN2O3. The van der Waals surface area contributed by atoms with Crippen LogP contribution in [0.3, 0.4) is 0 Å². The largest absolute Gasteiger partial charge is 0.486 e. The molecule has 2 N–H and O–H groups in total. The minimum atomic E-state index is -0.646. The highest BCUT2D eigenvalue weighted by Gasteiger charge is 2.23. The minimum Gasteiger partial charge on any atom is -0.486 e. The van der Waals surface area contributed by atoms with Crippen molar-refractivity contribution in [3.63, 3.8) is 0 Å². The first-order valence-corrected chi connectivity index (χ1v) is 9.52. The number of carbonyl (C=O) groups is 1. The average molecular weight is 452 g/mol. The first-order chi connectivity index (χ1) is 13.0. The summed E-state index contributed by atoms with van der Waals surface area (Å²) in [7, 11) is 1.27. The second kappa shape index (κ2) is 9.58. The molecular weight excluding hydrogens is 432 g/mol. The summed E-state index contributed by atoms with van der Waals surface area (Å²) in [6.07, 6.45) is 0. The third-order valence-electron chi connectivity index (χ3n) is 3.64. The van der Waals surface area contributed by atoms with E-state index in [0.717, 1.165) is 5.56 Å². The molecule has 1 aromatic heterocycles. The molecule has 1 heterocycles. The van der Waals surface area contributed by atoms with Gasteiger partial charge in [0.15, 0.2) is 11.4 Å². The number of methoxy groups -OCH3 is 1. The van der Waals surface area contributed by atoms with E-state index in [1.807, 2.05) is 44.2 Å². The van der Waals surface area contributed by atoms with Crippen LogP contribution in [-0.2, 0) is 11.3 Å². The van der Waals surface area contributed by atoms with E-state index in [4.69, 9.17) is 26.8 Å². The molecule has 0 aliphatic carbocycles. The number of nitrogen functional groups attached to an aromatic ring is 1. The summed E-state index contributed by atoms with van der Waals surface area (Å²) in [6, 6.07) is 13.0. The van der Waals surface area contributed by atoms with Crippen molar-refractivity contribution in [2.45, 2.75) is 20.5 Å². The predicted octanol–water partition coefficient (Wildman–Crippen LogP) is 5.62. The van der Waals surface area contributed by atoms with Crippen LogP contribution < -0.4 is 10.5 Å². The molecule has 5 nitrogen and oxygen atoms in total. The van der Waals surface area contributed by atoms with Gasteiger partial charge >= 0.3 is 5.97 Å². The SMILES string of the molecule is CC.COC(=O)c1nc(N)c2c(Br)ccc(Cl)c2c1OCc1ccccc1. The first-order valence-electron chi connectivity index (χ1n) is 8.35. The van der Waals surface area contributed by atoms with Crippen LogP contribution in [0.2, 0.25) is 5.02 Å². The summed E-state index contributed by atoms with van der Waals surface area (Å²) in [6.45, 7) is 4.24. The molecule has 3 aromatic rings. The molecule has 0 aliphatic rings. The maximum absolute atomic E-state index is 12.2. The molecule has 0 saturated heterocycles. The van der Waals surface area contributed by atoms with E-state index in [0.29, 0.717) is 20.3 Å². The van der Waals surface area contributed by atoms with E-state index in [1.54, 1.807) is 12.1 Å². The Bertz CT molecular complexity index is 949. The highest BCUT2D eigenvalue weighted by Crippen LogP contribution is 2.41. The van der Waals surface area contributed by atoms with Crippen LogP contribution in [0.4, 0.5) is 5.82 Å². The molecule has 0 saturated carbocycles. The number of halogens is 2. The molecule has 0 radical (unpaired) electrons. The topological polar surface area (TPSA) is 74.4 Å². The van der Waals surface area contributed by atoms with Gasteiger partial charge in [0.2, 0.25) is 0 Å². The van der Waals surface area contributed by atoms with E-state index in [1.165, 1.54) is 7.11 Å². The van der Waals surface area contributed by atoms with Crippen molar-refractivity contribution in [3.05, 3.63) is 63.2 Å². The lowest BCUT2D eigenvalue weighted by Crippen LogP contribution is -2.11. The number of rotatable bonds is 4. The number of esters is 1. The van der Waals surface area contributed by atoms with E-state index < -0.39 is 5.97 Å². The number of benzene rings is 2. The van der Waals surface area contributed by atoms with Crippen molar-refractivity contribution in [1.82, 2.24) is 4.98 Å². The number of nitrogens with zero attached hydrogens (tertiary/aromatic N) is 1. The molecule has 0 aliphatic heterocycles. The Morgan fingerprint density at radius 2 is 1.81 bits per heavy atom. The number of carbonyl (C=O) groups excluding carboxylic acids is 1. The van der Waals surface area contributed by atoms with Crippen molar-refractivity contribution >= 4 is 50.1 Å². The van der Waals surface area contributed by atoms with Gasteiger partial charge < -0.3 is 15.2 Å². The molecule has 2 aromatic carbocycles. The summed E-state index contributed by atoms with van der Waals surface area (Å²) in [4.78, 5) is 16.3. The van der Waals surface area contributed by atoms with Gasteiger partial charge in [-0.2, -0.15) is 0 Å². The van der Waals surface area contributed by atoms with E-state index in [-0.39, 0.29) is 23.9 Å². The Kier molecular flexibility index (Phi) is 7.45. The van der Waals surface area contributed by atoms with Crippen molar-refractivity contribution in [3.8, 4) is 5.75 Å². The van der Waals surface area contributed by atoms with Crippen LogP contribution >= 0.6 is 27.5 Å². The third-order valence-corrected chi connectivity index (χ3v) is 4.61. The summed E-state index contributed by atoms with van der Waals surface area (Å²) in [5, 5.41) is 1.50. The fraction of sp³-hybridized carbons (Fsp3) is 0.200. The molecule has 3 rings (SSSR count). The first kappa shape index (κ1) is 21.0. The quantitative estimate of drug-likeness (QED) is 0.521. The zero-order valence-electron chi connectivity index (χ0n) is 15.3. The maximum atomic E-state index is 12.2. The fourth-order valence-corrected chi connectivity index (χ4v) is 3.25. The zero-order chi connectivity index (χ0) is 20.0. The van der Waals surface area contributed by atoms with Crippen LogP contribution in [0.25, 0.3) is 10.8 Å². The van der Waals surface area contributed by atoms with Crippen LogP contribution in [-0.4, -0.2) is 18.1 Å². The van der Waals surface area contributed by atoms with Crippen molar-refractivity contribution < 1.29 is 14.3 Å². The Hall–Kier alpha value is -2.31. The van der Waals surface area contributed by atoms with Crippen molar-refractivity contribution in [1.29, 1.82) is 0 Å². The van der Waals surface area contributed by atoms with Crippen molar-refractivity contribution in [2.24, 2.45) is 0 Å².